The minimum absolute atomic E-state index is 0.274. The topological polar surface area (TPSA) is 88.9 Å². The van der Waals surface area contributed by atoms with Crippen molar-refractivity contribution in [3.63, 3.8) is 0 Å². The SMILES string of the molecule is CCOC(=O)C(C)Sc1nc2c(OC)c(OC)c(OC)cc2c(=O)n1Cc1ccccc1. The normalized spacial score (nSPS) is 11.8. The summed E-state index contributed by atoms with van der Waals surface area (Å²) in [5.74, 6) is 0.612. The first kappa shape index (κ1) is 23.5. The van der Waals surface area contributed by atoms with Gasteiger partial charge in [-0.2, -0.15) is 0 Å². The van der Waals surface area contributed by atoms with Crippen molar-refractivity contribution in [2.45, 2.75) is 30.8 Å². The third-order valence-corrected chi connectivity index (χ3v) is 5.87. The van der Waals surface area contributed by atoms with Gasteiger partial charge in [-0.05, 0) is 25.5 Å². The summed E-state index contributed by atoms with van der Waals surface area (Å²) in [6, 6.07) is 11.2. The maximum absolute atomic E-state index is 13.6. The highest BCUT2D eigenvalue weighted by atomic mass is 32.2. The molecule has 2 aromatic carbocycles. The summed E-state index contributed by atoms with van der Waals surface area (Å²) in [6.45, 7) is 4.03. The van der Waals surface area contributed by atoms with E-state index in [4.69, 9.17) is 23.9 Å². The number of benzene rings is 2. The van der Waals surface area contributed by atoms with Crippen molar-refractivity contribution in [3.8, 4) is 17.2 Å². The average Bonchev–Trinajstić information content (AvgIpc) is 2.81. The summed E-state index contributed by atoms with van der Waals surface area (Å²) in [4.78, 5) is 30.6. The second-order valence-corrected chi connectivity index (χ2v) is 8.13. The van der Waals surface area contributed by atoms with Crippen molar-refractivity contribution in [3.05, 3.63) is 52.3 Å². The van der Waals surface area contributed by atoms with Crippen LogP contribution in [-0.2, 0) is 16.1 Å². The van der Waals surface area contributed by atoms with E-state index in [1.807, 2.05) is 30.3 Å². The average molecular weight is 459 g/mol. The lowest BCUT2D eigenvalue weighted by Crippen LogP contribution is -2.26. The molecule has 9 heteroatoms. The summed E-state index contributed by atoms with van der Waals surface area (Å²) < 4.78 is 23.1. The third-order valence-electron chi connectivity index (χ3n) is 4.80. The molecule has 3 aromatic rings. The van der Waals surface area contributed by atoms with Crippen LogP contribution in [0.3, 0.4) is 0 Å². The number of carbonyl (C=O) groups is 1. The summed E-state index contributed by atoms with van der Waals surface area (Å²) in [5.41, 5.74) is 0.975. The van der Waals surface area contributed by atoms with Gasteiger partial charge >= 0.3 is 5.97 Å². The third kappa shape index (κ3) is 4.67. The number of methoxy groups -OCH3 is 3. The van der Waals surface area contributed by atoms with Crippen molar-refractivity contribution < 1.29 is 23.7 Å². The monoisotopic (exact) mass is 458 g/mol. The number of fused-ring (bicyclic) bond motifs is 1. The molecule has 0 saturated heterocycles. The van der Waals surface area contributed by atoms with E-state index in [1.54, 1.807) is 24.5 Å². The van der Waals surface area contributed by atoms with Crippen molar-refractivity contribution in [1.82, 2.24) is 9.55 Å². The van der Waals surface area contributed by atoms with Gasteiger partial charge in [0, 0.05) is 0 Å². The molecular formula is C23H26N2O6S. The molecule has 0 N–H and O–H groups in total. The van der Waals surface area contributed by atoms with Crippen LogP contribution in [0, 0.1) is 0 Å². The van der Waals surface area contributed by atoms with Gasteiger partial charge < -0.3 is 18.9 Å². The number of hydrogen-bond acceptors (Lipinski definition) is 8. The predicted octanol–water partition coefficient (Wildman–Crippen LogP) is 3.51. The second-order valence-electron chi connectivity index (χ2n) is 6.82. The molecule has 1 atom stereocenters. The van der Waals surface area contributed by atoms with Crippen LogP contribution >= 0.6 is 11.8 Å². The summed E-state index contributed by atoms with van der Waals surface area (Å²) in [5, 5.41) is 0.133. The van der Waals surface area contributed by atoms with Gasteiger partial charge in [-0.25, -0.2) is 4.98 Å². The summed E-state index contributed by atoms with van der Waals surface area (Å²) in [7, 11) is 4.45. The van der Waals surface area contributed by atoms with Gasteiger partial charge in [0.05, 0.1) is 39.9 Å². The minimum Gasteiger partial charge on any atom is -0.493 e. The molecule has 1 heterocycles. The van der Waals surface area contributed by atoms with E-state index in [0.717, 1.165) is 17.3 Å². The molecule has 0 fully saturated rings. The van der Waals surface area contributed by atoms with Crippen molar-refractivity contribution in [1.29, 1.82) is 0 Å². The number of thioether (sulfide) groups is 1. The molecular weight excluding hydrogens is 432 g/mol. The molecule has 8 nitrogen and oxygen atoms in total. The van der Waals surface area contributed by atoms with E-state index in [1.165, 1.54) is 21.3 Å². The van der Waals surface area contributed by atoms with E-state index in [2.05, 4.69) is 0 Å². The Hall–Kier alpha value is -3.20. The van der Waals surface area contributed by atoms with Gasteiger partial charge in [0.1, 0.15) is 10.8 Å². The van der Waals surface area contributed by atoms with Crippen LogP contribution in [0.15, 0.2) is 46.3 Å². The molecule has 0 amide bonds. The van der Waals surface area contributed by atoms with Crippen LogP contribution in [0.2, 0.25) is 0 Å². The Labute approximate surface area is 190 Å². The fourth-order valence-corrected chi connectivity index (χ4v) is 4.16. The number of carbonyl (C=O) groups excluding carboxylic acids is 1. The molecule has 0 aliphatic heterocycles. The highest BCUT2D eigenvalue weighted by Crippen LogP contribution is 2.42. The molecule has 32 heavy (non-hydrogen) atoms. The zero-order chi connectivity index (χ0) is 23.3. The molecule has 170 valence electrons. The predicted molar refractivity (Wildman–Crippen MR) is 123 cm³/mol. The van der Waals surface area contributed by atoms with Crippen molar-refractivity contribution >= 4 is 28.6 Å². The fourth-order valence-electron chi connectivity index (χ4n) is 3.26. The molecule has 0 spiro atoms. The van der Waals surface area contributed by atoms with Crippen LogP contribution in [0.25, 0.3) is 10.9 Å². The second kappa shape index (κ2) is 10.4. The molecule has 0 bridgehead atoms. The Balaban J connectivity index is 2.26. The van der Waals surface area contributed by atoms with Crippen LogP contribution in [0.1, 0.15) is 19.4 Å². The van der Waals surface area contributed by atoms with Gasteiger partial charge in [-0.15, -0.1) is 0 Å². The number of hydrogen-bond donors (Lipinski definition) is 0. The molecule has 0 aliphatic carbocycles. The quantitative estimate of drug-likeness (QED) is 0.273. The first-order valence-electron chi connectivity index (χ1n) is 10.1. The van der Waals surface area contributed by atoms with Crippen LogP contribution in [0.5, 0.6) is 17.2 Å². The maximum Gasteiger partial charge on any atom is 0.319 e. The van der Waals surface area contributed by atoms with E-state index in [-0.39, 0.29) is 30.4 Å². The van der Waals surface area contributed by atoms with E-state index in [9.17, 15) is 9.59 Å². The van der Waals surface area contributed by atoms with Crippen molar-refractivity contribution in [2.24, 2.45) is 0 Å². The van der Waals surface area contributed by atoms with E-state index in [0.29, 0.717) is 27.6 Å². The summed E-state index contributed by atoms with van der Waals surface area (Å²) in [6.07, 6.45) is 0. The zero-order valence-corrected chi connectivity index (χ0v) is 19.5. The van der Waals surface area contributed by atoms with Gasteiger partial charge in [0.2, 0.25) is 5.75 Å². The minimum atomic E-state index is -0.563. The van der Waals surface area contributed by atoms with Gasteiger partial charge in [-0.3, -0.25) is 14.2 Å². The van der Waals surface area contributed by atoms with Gasteiger partial charge in [-0.1, -0.05) is 42.1 Å². The highest BCUT2D eigenvalue weighted by molar-refractivity contribution is 8.00. The lowest BCUT2D eigenvalue weighted by molar-refractivity contribution is -0.142. The maximum atomic E-state index is 13.6. The Morgan fingerprint density at radius 3 is 2.38 bits per heavy atom. The largest absolute Gasteiger partial charge is 0.493 e. The molecule has 3 rings (SSSR count). The number of ether oxygens (including phenoxy) is 4. The lowest BCUT2D eigenvalue weighted by atomic mass is 10.2. The summed E-state index contributed by atoms with van der Waals surface area (Å²) >= 11 is 1.16. The van der Waals surface area contributed by atoms with Crippen LogP contribution < -0.4 is 19.8 Å². The first-order chi connectivity index (χ1) is 15.4. The first-order valence-corrected chi connectivity index (χ1v) is 10.9. The van der Waals surface area contributed by atoms with Crippen molar-refractivity contribution in [2.75, 3.05) is 27.9 Å². The molecule has 0 saturated carbocycles. The molecule has 0 aliphatic rings. The molecule has 0 radical (unpaired) electrons. The molecule has 1 aromatic heterocycles. The Morgan fingerprint density at radius 2 is 1.78 bits per heavy atom. The van der Waals surface area contributed by atoms with Gasteiger partial charge in [0.25, 0.3) is 5.56 Å². The number of nitrogens with zero attached hydrogens (tertiary/aromatic N) is 2. The Morgan fingerprint density at radius 1 is 1.09 bits per heavy atom. The smallest absolute Gasteiger partial charge is 0.319 e. The van der Waals surface area contributed by atoms with Crippen LogP contribution in [0.4, 0.5) is 0 Å². The molecule has 1 unspecified atom stereocenters. The zero-order valence-electron chi connectivity index (χ0n) is 18.7. The number of aromatic nitrogens is 2. The number of esters is 1. The van der Waals surface area contributed by atoms with E-state index < -0.39 is 5.25 Å². The fraction of sp³-hybridized carbons (Fsp3) is 0.348. The van der Waals surface area contributed by atoms with Gasteiger partial charge in [0.15, 0.2) is 16.7 Å². The van der Waals surface area contributed by atoms with Crippen LogP contribution in [-0.4, -0.2) is 48.7 Å². The lowest BCUT2D eigenvalue weighted by Gasteiger charge is -2.18. The highest BCUT2D eigenvalue weighted by Gasteiger charge is 2.24. The Kier molecular flexibility index (Phi) is 7.63. The Bertz CT molecular complexity index is 1160. The number of rotatable bonds is 9. The van der Waals surface area contributed by atoms with E-state index >= 15 is 0 Å². The standard InChI is InChI=1S/C23H26N2O6S/c1-6-31-22(27)14(2)32-23-24-18-16(12-17(28-3)19(29-4)20(18)30-5)21(26)25(23)13-15-10-8-7-9-11-15/h7-12,14H,6,13H2,1-5H3.